The highest BCUT2D eigenvalue weighted by molar-refractivity contribution is 7.92. The smallest absolute Gasteiger partial charge is 0.233 e. The Morgan fingerprint density at radius 2 is 2.05 bits per heavy atom. The van der Waals surface area contributed by atoms with Crippen molar-refractivity contribution in [2.45, 2.75) is 19.4 Å². The standard InChI is InChI=1S/C13H20N2O3S/c16-9-11-3-5-13(6-4-11)15-19(17,18)10-12-2-1-7-14-8-12/h3-6,12,14-16H,1-2,7-10H2. The quantitative estimate of drug-likeness (QED) is 0.751. The highest BCUT2D eigenvalue weighted by Gasteiger charge is 2.21. The van der Waals surface area contributed by atoms with E-state index >= 15 is 0 Å². The van der Waals surface area contributed by atoms with E-state index < -0.39 is 10.0 Å². The molecule has 6 heteroatoms. The van der Waals surface area contributed by atoms with E-state index in [4.69, 9.17) is 5.11 Å². The minimum absolute atomic E-state index is 0.0409. The van der Waals surface area contributed by atoms with Gasteiger partial charge in [0.25, 0.3) is 0 Å². The summed E-state index contributed by atoms with van der Waals surface area (Å²) >= 11 is 0. The normalized spacial score (nSPS) is 20.2. The second kappa shape index (κ2) is 6.36. The number of hydrogen-bond donors (Lipinski definition) is 3. The van der Waals surface area contributed by atoms with Gasteiger partial charge in [0.1, 0.15) is 0 Å². The molecular weight excluding hydrogens is 264 g/mol. The molecule has 0 radical (unpaired) electrons. The molecule has 2 rings (SSSR count). The zero-order valence-electron chi connectivity index (χ0n) is 10.8. The van der Waals surface area contributed by atoms with Crippen LogP contribution in [-0.4, -0.2) is 32.4 Å². The Bertz CT molecular complexity index is 493. The van der Waals surface area contributed by atoms with Crippen molar-refractivity contribution in [3.63, 3.8) is 0 Å². The van der Waals surface area contributed by atoms with Crippen LogP contribution >= 0.6 is 0 Å². The lowest BCUT2D eigenvalue weighted by Gasteiger charge is -2.22. The summed E-state index contributed by atoms with van der Waals surface area (Å²) in [4.78, 5) is 0. The van der Waals surface area contributed by atoms with Gasteiger partial charge in [0.2, 0.25) is 10.0 Å². The second-order valence-electron chi connectivity index (χ2n) is 4.95. The Morgan fingerprint density at radius 1 is 1.32 bits per heavy atom. The summed E-state index contributed by atoms with van der Waals surface area (Å²) in [5.74, 6) is 0.338. The van der Waals surface area contributed by atoms with Gasteiger partial charge in [-0.05, 0) is 49.5 Å². The number of piperidine rings is 1. The molecular formula is C13H20N2O3S. The van der Waals surface area contributed by atoms with Crippen molar-refractivity contribution in [3.8, 4) is 0 Å². The first-order chi connectivity index (χ1) is 9.09. The molecule has 5 nitrogen and oxygen atoms in total. The highest BCUT2D eigenvalue weighted by Crippen LogP contribution is 2.16. The van der Waals surface area contributed by atoms with Crippen LogP contribution in [0.1, 0.15) is 18.4 Å². The number of hydrogen-bond acceptors (Lipinski definition) is 4. The molecule has 0 aliphatic carbocycles. The Hall–Kier alpha value is -1.11. The van der Waals surface area contributed by atoms with Crippen LogP contribution in [0, 0.1) is 5.92 Å². The molecule has 0 saturated carbocycles. The molecule has 106 valence electrons. The van der Waals surface area contributed by atoms with Crippen LogP contribution in [0.15, 0.2) is 24.3 Å². The molecule has 0 aromatic heterocycles. The third-order valence-electron chi connectivity index (χ3n) is 3.26. The minimum Gasteiger partial charge on any atom is -0.392 e. The number of benzene rings is 1. The van der Waals surface area contributed by atoms with Crippen molar-refractivity contribution < 1.29 is 13.5 Å². The summed E-state index contributed by atoms with van der Waals surface area (Å²) in [6, 6.07) is 6.75. The van der Waals surface area contributed by atoms with E-state index in [1.807, 2.05) is 0 Å². The van der Waals surface area contributed by atoms with Crippen LogP contribution in [0.25, 0.3) is 0 Å². The molecule has 1 aromatic carbocycles. The highest BCUT2D eigenvalue weighted by atomic mass is 32.2. The summed E-state index contributed by atoms with van der Waals surface area (Å²) in [5.41, 5.74) is 1.31. The molecule has 0 amide bonds. The lowest BCUT2D eigenvalue weighted by Crippen LogP contribution is -2.35. The second-order valence-corrected chi connectivity index (χ2v) is 6.72. The van der Waals surface area contributed by atoms with Crippen molar-refractivity contribution >= 4 is 15.7 Å². The van der Waals surface area contributed by atoms with Gasteiger partial charge in [0.15, 0.2) is 0 Å². The number of nitrogens with one attached hydrogen (secondary N) is 2. The van der Waals surface area contributed by atoms with Gasteiger partial charge >= 0.3 is 0 Å². The fourth-order valence-corrected chi connectivity index (χ4v) is 3.76. The zero-order chi connectivity index (χ0) is 13.7. The molecule has 1 heterocycles. The van der Waals surface area contributed by atoms with Crippen LogP contribution in [0.4, 0.5) is 5.69 Å². The molecule has 0 bridgehead atoms. The Balaban J connectivity index is 1.95. The van der Waals surface area contributed by atoms with Crippen LogP contribution in [0.2, 0.25) is 0 Å². The van der Waals surface area contributed by atoms with Gasteiger partial charge in [-0.3, -0.25) is 4.72 Å². The van der Waals surface area contributed by atoms with Crippen molar-refractivity contribution in [3.05, 3.63) is 29.8 Å². The molecule has 1 atom stereocenters. The average Bonchev–Trinajstić information content (AvgIpc) is 2.39. The number of aliphatic hydroxyl groups excluding tert-OH is 1. The topological polar surface area (TPSA) is 78.4 Å². The third kappa shape index (κ3) is 4.49. The van der Waals surface area contributed by atoms with Crippen LogP contribution in [-0.2, 0) is 16.6 Å². The van der Waals surface area contributed by atoms with Gasteiger partial charge in [-0.15, -0.1) is 0 Å². The maximum atomic E-state index is 12.0. The van der Waals surface area contributed by atoms with E-state index in [1.54, 1.807) is 24.3 Å². The van der Waals surface area contributed by atoms with Crippen molar-refractivity contribution in [2.24, 2.45) is 5.92 Å². The minimum atomic E-state index is -3.31. The molecule has 19 heavy (non-hydrogen) atoms. The Morgan fingerprint density at radius 3 is 2.63 bits per heavy atom. The van der Waals surface area contributed by atoms with E-state index in [2.05, 4.69) is 10.0 Å². The molecule has 1 aliphatic heterocycles. The Kier molecular flexibility index (Phi) is 4.79. The summed E-state index contributed by atoms with van der Waals surface area (Å²) in [6.45, 7) is 1.71. The number of rotatable bonds is 5. The van der Waals surface area contributed by atoms with Gasteiger partial charge in [-0.25, -0.2) is 8.42 Å². The van der Waals surface area contributed by atoms with Crippen LogP contribution in [0.3, 0.4) is 0 Å². The molecule has 1 fully saturated rings. The van der Waals surface area contributed by atoms with Gasteiger partial charge in [0.05, 0.1) is 12.4 Å². The van der Waals surface area contributed by atoms with Gasteiger partial charge in [-0.1, -0.05) is 12.1 Å². The molecule has 1 unspecified atom stereocenters. The predicted octanol–water partition coefficient (Wildman–Crippen LogP) is 0.920. The van der Waals surface area contributed by atoms with E-state index in [0.29, 0.717) is 5.69 Å². The average molecular weight is 284 g/mol. The summed E-state index contributed by atoms with van der Waals surface area (Å²) in [5, 5.41) is 12.1. The summed E-state index contributed by atoms with van der Waals surface area (Å²) in [7, 11) is -3.31. The zero-order valence-corrected chi connectivity index (χ0v) is 11.6. The lowest BCUT2D eigenvalue weighted by atomic mass is 10.0. The number of aliphatic hydroxyl groups is 1. The molecule has 1 aromatic rings. The number of anilines is 1. The first-order valence-electron chi connectivity index (χ1n) is 6.50. The third-order valence-corrected chi connectivity index (χ3v) is 4.72. The summed E-state index contributed by atoms with van der Waals surface area (Å²) < 4.78 is 26.6. The predicted molar refractivity (Wildman–Crippen MR) is 75.4 cm³/mol. The van der Waals surface area contributed by atoms with Crippen molar-refractivity contribution in [2.75, 3.05) is 23.6 Å². The first-order valence-corrected chi connectivity index (χ1v) is 8.15. The van der Waals surface area contributed by atoms with E-state index in [1.165, 1.54) is 0 Å². The maximum Gasteiger partial charge on any atom is 0.233 e. The molecule has 1 saturated heterocycles. The fourth-order valence-electron chi connectivity index (χ4n) is 2.28. The van der Waals surface area contributed by atoms with Crippen LogP contribution < -0.4 is 10.0 Å². The molecule has 0 spiro atoms. The van der Waals surface area contributed by atoms with Crippen LogP contribution in [0.5, 0.6) is 0 Å². The van der Waals surface area contributed by atoms with E-state index in [9.17, 15) is 8.42 Å². The van der Waals surface area contributed by atoms with Crippen molar-refractivity contribution in [1.82, 2.24) is 5.32 Å². The number of sulfonamides is 1. The SMILES string of the molecule is O=S(=O)(CC1CCCNC1)Nc1ccc(CO)cc1. The Labute approximate surface area is 114 Å². The van der Waals surface area contributed by atoms with Crippen molar-refractivity contribution in [1.29, 1.82) is 0 Å². The van der Waals surface area contributed by atoms with E-state index in [0.717, 1.165) is 31.5 Å². The lowest BCUT2D eigenvalue weighted by molar-refractivity contribution is 0.282. The fraction of sp³-hybridized carbons (Fsp3) is 0.538. The van der Waals surface area contributed by atoms with Gasteiger partial charge < -0.3 is 10.4 Å². The van der Waals surface area contributed by atoms with Gasteiger partial charge in [-0.2, -0.15) is 0 Å². The monoisotopic (exact) mass is 284 g/mol. The molecule has 3 N–H and O–H groups in total. The summed E-state index contributed by atoms with van der Waals surface area (Å²) in [6.07, 6.45) is 1.99. The first kappa shape index (κ1) is 14.3. The van der Waals surface area contributed by atoms with Gasteiger partial charge in [0, 0.05) is 5.69 Å². The van der Waals surface area contributed by atoms with E-state index in [-0.39, 0.29) is 18.3 Å². The maximum absolute atomic E-state index is 12.0. The molecule has 1 aliphatic rings. The largest absolute Gasteiger partial charge is 0.392 e.